The Balaban J connectivity index is 2.32. The fourth-order valence-electron chi connectivity index (χ4n) is 1.39. The molecule has 4 heteroatoms. The first-order chi connectivity index (χ1) is 6.16. The average Bonchev–Trinajstić information content (AvgIpc) is 2.63. The van der Waals surface area contributed by atoms with Gasteiger partial charge in [0.25, 0.3) is 0 Å². The Kier molecular flexibility index (Phi) is 2.87. The molecule has 0 aromatic carbocycles. The van der Waals surface area contributed by atoms with Crippen molar-refractivity contribution in [1.29, 1.82) is 0 Å². The molecule has 1 saturated carbocycles. The van der Waals surface area contributed by atoms with Crippen LogP contribution in [-0.4, -0.2) is 19.3 Å². The smallest absolute Gasteiger partial charge is 0.315 e. The van der Waals surface area contributed by atoms with Crippen molar-refractivity contribution in [1.82, 2.24) is 5.32 Å². The van der Waals surface area contributed by atoms with E-state index >= 15 is 0 Å². The van der Waals surface area contributed by atoms with Gasteiger partial charge in [-0.15, -0.1) is 0 Å². The minimum Gasteiger partial charge on any atom is -0.315 e. The zero-order chi connectivity index (χ0) is 11.0. The van der Waals surface area contributed by atoms with Gasteiger partial charge in [-0.25, -0.2) is 0 Å². The van der Waals surface area contributed by atoms with Crippen molar-refractivity contribution < 1.29 is 13.2 Å². The van der Waals surface area contributed by atoms with E-state index in [4.69, 9.17) is 0 Å². The average molecular weight is 209 g/mol. The second-order valence-corrected chi connectivity index (χ2v) is 5.44. The summed E-state index contributed by atoms with van der Waals surface area (Å²) in [5, 5.41) is 2.91. The van der Waals surface area contributed by atoms with Crippen molar-refractivity contribution in [3.8, 4) is 0 Å². The number of hydrogen-bond donors (Lipinski definition) is 1. The van der Waals surface area contributed by atoms with Crippen molar-refractivity contribution >= 4 is 0 Å². The lowest BCUT2D eigenvalue weighted by atomic mass is 9.96. The maximum absolute atomic E-state index is 12.5. The van der Waals surface area contributed by atoms with Gasteiger partial charge in [-0.05, 0) is 18.3 Å². The zero-order valence-corrected chi connectivity index (χ0v) is 8.96. The molecule has 1 nitrogen and oxygen atoms in total. The van der Waals surface area contributed by atoms with Crippen LogP contribution in [0, 0.1) is 10.8 Å². The summed E-state index contributed by atoms with van der Waals surface area (Å²) in [6, 6.07) is 0. The molecule has 1 rings (SSSR count). The van der Waals surface area contributed by atoms with Crippen LogP contribution in [0.2, 0.25) is 0 Å². The van der Waals surface area contributed by atoms with Gasteiger partial charge in [-0.3, -0.25) is 0 Å². The van der Waals surface area contributed by atoms with Crippen LogP contribution in [0.5, 0.6) is 0 Å². The second kappa shape index (κ2) is 3.40. The van der Waals surface area contributed by atoms with Crippen molar-refractivity contribution in [2.24, 2.45) is 10.8 Å². The van der Waals surface area contributed by atoms with Crippen molar-refractivity contribution in [3.05, 3.63) is 0 Å². The van der Waals surface area contributed by atoms with Gasteiger partial charge in [0.15, 0.2) is 0 Å². The highest BCUT2D eigenvalue weighted by molar-refractivity contribution is 5.00. The molecule has 1 N–H and O–H groups in total. The standard InChI is InChI=1S/C10H18F3N/c1-8(2,3)6-14-7-9(4-5-9)10(11,12)13/h14H,4-7H2,1-3H3. The summed E-state index contributed by atoms with van der Waals surface area (Å²) in [4.78, 5) is 0. The largest absolute Gasteiger partial charge is 0.395 e. The molecule has 0 atom stereocenters. The fraction of sp³-hybridized carbons (Fsp3) is 1.00. The van der Waals surface area contributed by atoms with Crippen LogP contribution >= 0.6 is 0 Å². The number of rotatable bonds is 3. The van der Waals surface area contributed by atoms with Crippen LogP contribution in [0.4, 0.5) is 13.2 Å². The Bertz CT molecular complexity index is 198. The predicted octanol–water partition coefficient (Wildman–Crippen LogP) is 2.96. The van der Waals surface area contributed by atoms with Gasteiger partial charge in [-0.1, -0.05) is 20.8 Å². The van der Waals surface area contributed by atoms with Crippen LogP contribution in [0.15, 0.2) is 0 Å². The summed E-state index contributed by atoms with van der Waals surface area (Å²) in [6.07, 6.45) is -3.46. The summed E-state index contributed by atoms with van der Waals surface area (Å²) >= 11 is 0. The molecule has 0 heterocycles. The lowest BCUT2D eigenvalue weighted by Gasteiger charge is -2.23. The molecule has 0 bridgehead atoms. The second-order valence-electron chi connectivity index (χ2n) is 5.44. The Labute approximate surface area is 83.1 Å². The van der Waals surface area contributed by atoms with E-state index < -0.39 is 11.6 Å². The highest BCUT2D eigenvalue weighted by Gasteiger charge is 2.62. The Morgan fingerprint density at radius 3 is 1.93 bits per heavy atom. The summed E-state index contributed by atoms with van der Waals surface area (Å²) in [7, 11) is 0. The Morgan fingerprint density at radius 1 is 1.14 bits per heavy atom. The molecular weight excluding hydrogens is 191 g/mol. The highest BCUT2D eigenvalue weighted by atomic mass is 19.4. The van der Waals surface area contributed by atoms with E-state index in [2.05, 4.69) is 5.32 Å². The first-order valence-electron chi connectivity index (χ1n) is 4.94. The van der Waals surface area contributed by atoms with E-state index in [1.165, 1.54) is 0 Å². The van der Waals surface area contributed by atoms with Crippen molar-refractivity contribution in [2.45, 2.75) is 39.8 Å². The monoisotopic (exact) mass is 209 g/mol. The van der Waals surface area contributed by atoms with Crippen LogP contribution in [0.25, 0.3) is 0 Å². The van der Waals surface area contributed by atoms with Gasteiger partial charge in [-0.2, -0.15) is 13.2 Å². The molecule has 1 fully saturated rings. The quantitative estimate of drug-likeness (QED) is 0.753. The normalized spacial score (nSPS) is 21.0. The SMILES string of the molecule is CC(C)(C)CNCC1(C(F)(F)F)CC1. The molecule has 0 amide bonds. The van der Waals surface area contributed by atoms with Gasteiger partial charge in [0.1, 0.15) is 0 Å². The predicted molar refractivity (Wildman–Crippen MR) is 50.0 cm³/mol. The highest BCUT2D eigenvalue weighted by Crippen LogP contribution is 2.57. The first-order valence-corrected chi connectivity index (χ1v) is 4.94. The van der Waals surface area contributed by atoms with Crippen molar-refractivity contribution in [3.63, 3.8) is 0 Å². The Hall–Kier alpha value is -0.250. The van der Waals surface area contributed by atoms with Crippen LogP contribution in [-0.2, 0) is 0 Å². The summed E-state index contributed by atoms with van der Waals surface area (Å²) < 4.78 is 37.4. The minimum atomic E-state index is -4.03. The molecule has 14 heavy (non-hydrogen) atoms. The molecule has 0 spiro atoms. The number of halogens is 3. The summed E-state index contributed by atoms with van der Waals surface area (Å²) in [5.74, 6) is 0. The van der Waals surface area contributed by atoms with Gasteiger partial charge in [0, 0.05) is 13.1 Å². The summed E-state index contributed by atoms with van der Waals surface area (Å²) in [6.45, 7) is 6.73. The Morgan fingerprint density at radius 2 is 1.64 bits per heavy atom. The molecule has 0 aromatic heterocycles. The van der Waals surface area contributed by atoms with E-state index in [1.807, 2.05) is 20.8 Å². The molecule has 0 radical (unpaired) electrons. The molecule has 0 aliphatic heterocycles. The van der Waals surface area contributed by atoms with Gasteiger partial charge in [0.05, 0.1) is 5.41 Å². The molecule has 0 saturated heterocycles. The molecule has 1 aliphatic carbocycles. The summed E-state index contributed by atoms with van der Waals surface area (Å²) in [5.41, 5.74) is -1.36. The van der Waals surface area contributed by atoms with Crippen LogP contribution in [0.1, 0.15) is 33.6 Å². The van der Waals surface area contributed by atoms with E-state index in [1.54, 1.807) is 0 Å². The lowest BCUT2D eigenvalue weighted by molar-refractivity contribution is -0.185. The number of alkyl halides is 3. The molecule has 0 aromatic rings. The fourth-order valence-corrected chi connectivity index (χ4v) is 1.39. The molecule has 1 aliphatic rings. The van der Waals surface area contributed by atoms with Gasteiger partial charge < -0.3 is 5.32 Å². The third kappa shape index (κ3) is 2.87. The van der Waals surface area contributed by atoms with Crippen LogP contribution < -0.4 is 5.32 Å². The van der Waals surface area contributed by atoms with E-state index in [9.17, 15) is 13.2 Å². The lowest BCUT2D eigenvalue weighted by Crippen LogP contribution is -2.38. The minimum absolute atomic E-state index is 0.0433. The maximum atomic E-state index is 12.5. The molecule has 0 unspecified atom stereocenters. The van der Waals surface area contributed by atoms with E-state index in [-0.39, 0.29) is 24.8 Å². The topological polar surface area (TPSA) is 12.0 Å². The van der Waals surface area contributed by atoms with Gasteiger partial charge >= 0.3 is 6.18 Å². The van der Waals surface area contributed by atoms with Gasteiger partial charge in [0.2, 0.25) is 0 Å². The zero-order valence-electron chi connectivity index (χ0n) is 8.96. The van der Waals surface area contributed by atoms with E-state index in [0.29, 0.717) is 6.54 Å². The third-order valence-electron chi connectivity index (χ3n) is 2.57. The van der Waals surface area contributed by atoms with Crippen molar-refractivity contribution in [2.75, 3.05) is 13.1 Å². The number of nitrogens with one attached hydrogen (secondary N) is 1. The molecular formula is C10H18F3N. The van der Waals surface area contributed by atoms with Crippen LogP contribution in [0.3, 0.4) is 0 Å². The van der Waals surface area contributed by atoms with E-state index in [0.717, 1.165) is 0 Å². The third-order valence-corrected chi connectivity index (χ3v) is 2.57. The maximum Gasteiger partial charge on any atom is 0.395 e. The number of hydrogen-bond acceptors (Lipinski definition) is 1. The molecule has 84 valence electrons. The first kappa shape index (κ1) is 11.8.